The van der Waals surface area contributed by atoms with Crippen LogP contribution >= 0.6 is 11.6 Å². The lowest BCUT2D eigenvalue weighted by Gasteiger charge is -2.14. The van der Waals surface area contributed by atoms with E-state index in [0.29, 0.717) is 17.5 Å². The molecule has 0 aliphatic heterocycles. The van der Waals surface area contributed by atoms with Crippen molar-refractivity contribution in [1.82, 2.24) is 10.0 Å². The summed E-state index contributed by atoms with van der Waals surface area (Å²) in [7, 11) is -3.48. The highest BCUT2D eigenvalue weighted by Gasteiger charge is 2.31. The van der Waals surface area contributed by atoms with E-state index in [-0.39, 0.29) is 10.9 Å². The molecule has 20 heavy (non-hydrogen) atoms. The fourth-order valence-corrected chi connectivity index (χ4v) is 3.75. The van der Waals surface area contributed by atoms with Crippen molar-refractivity contribution in [3.05, 3.63) is 28.8 Å². The first kappa shape index (κ1) is 15.8. The van der Waals surface area contributed by atoms with Gasteiger partial charge in [0.15, 0.2) is 0 Å². The third-order valence-electron chi connectivity index (χ3n) is 3.57. The second kappa shape index (κ2) is 6.43. The highest BCUT2D eigenvalue weighted by Crippen LogP contribution is 2.33. The highest BCUT2D eigenvalue weighted by atomic mass is 35.5. The van der Waals surface area contributed by atoms with Crippen molar-refractivity contribution in [2.24, 2.45) is 5.92 Å². The average molecular weight is 317 g/mol. The lowest BCUT2D eigenvalue weighted by Crippen LogP contribution is -2.34. The molecule has 1 aromatic carbocycles. The zero-order valence-electron chi connectivity index (χ0n) is 11.8. The zero-order valence-corrected chi connectivity index (χ0v) is 13.4. The molecule has 1 atom stereocenters. The summed E-state index contributed by atoms with van der Waals surface area (Å²) < 4.78 is 27.3. The quantitative estimate of drug-likeness (QED) is 0.812. The van der Waals surface area contributed by atoms with Gasteiger partial charge in [-0.15, -0.1) is 0 Å². The van der Waals surface area contributed by atoms with E-state index in [2.05, 4.69) is 10.0 Å². The lowest BCUT2D eigenvalue weighted by atomic mass is 10.2. The fraction of sp³-hybridized carbons (Fsp3) is 0.571. The van der Waals surface area contributed by atoms with Crippen molar-refractivity contribution >= 4 is 21.6 Å². The molecule has 0 saturated heterocycles. The van der Waals surface area contributed by atoms with E-state index in [1.165, 1.54) is 6.07 Å². The van der Waals surface area contributed by atoms with Crippen LogP contribution in [0.3, 0.4) is 0 Å². The normalized spacial score (nSPS) is 17.1. The molecule has 1 aliphatic carbocycles. The van der Waals surface area contributed by atoms with Gasteiger partial charge in [0.05, 0.1) is 4.90 Å². The molecule has 0 radical (unpaired) electrons. The van der Waals surface area contributed by atoms with Crippen LogP contribution < -0.4 is 10.0 Å². The van der Waals surface area contributed by atoms with E-state index in [9.17, 15) is 8.42 Å². The molecule has 6 heteroatoms. The van der Waals surface area contributed by atoms with Gasteiger partial charge >= 0.3 is 0 Å². The van der Waals surface area contributed by atoms with E-state index in [1.54, 1.807) is 12.1 Å². The first-order chi connectivity index (χ1) is 9.44. The van der Waals surface area contributed by atoms with Crippen LogP contribution in [0.5, 0.6) is 0 Å². The van der Waals surface area contributed by atoms with E-state index in [1.807, 2.05) is 13.8 Å². The van der Waals surface area contributed by atoms with E-state index in [4.69, 9.17) is 11.6 Å². The summed E-state index contributed by atoms with van der Waals surface area (Å²) in [4.78, 5) is 0.232. The Hall–Kier alpha value is -0.620. The van der Waals surface area contributed by atoms with Crippen molar-refractivity contribution in [2.45, 2.75) is 44.2 Å². The predicted molar refractivity (Wildman–Crippen MR) is 81.3 cm³/mol. The summed E-state index contributed by atoms with van der Waals surface area (Å²) >= 11 is 6.15. The fourth-order valence-electron chi connectivity index (χ4n) is 2.10. The molecule has 2 rings (SSSR count). The van der Waals surface area contributed by atoms with Gasteiger partial charge in [-0.2, -0.15) is 0 Å². The second-order valence-electron chi connectivity index (χ2n) is 5.28. The highest BCUT2D eigenvalue weighted by molar-refractivity contribution is 7.89. The Balaban J connectivity index is 2.12. The minimum absolute atomic E-state index is 0.0137. The lowest BCUT2D eigenvalue weighted by molar-refractivity contribution is 0.538. The Morgan fingerprint density at radius 2 is 2.10 bits per heavy atom. The van der Waals surface area contributed by atoms with Crippen LogP contribution in [0.4, 0.5) is 0 Å². The number of hydrogen-bond donors (Lipinski definition) is 2. The maximum Gasteiger partial charge on any atom is 0.240 e. The SMILES string of the molecule is CCNCc1ccc(S(=O)(=O)NC(C)C2CC2)cc1Cl. The first-order valence-electron chi connectivity index (χ1n) is 6.95. The molecule has 1 aromatic rings. The third-order valence-corrected chi connectivity index (χ3v) is 5.48. The van der Waals surface area contributed by atoms with Gasteiger partial charge in [-0.25, -0.2) is 13.1 Å². The molecule has 112 valence electrons. The van der Waals surface area contributed by atoms with Gasteiger partial charge in [0.1, 0.15) is 0 Å². The predicted octanol–water partition coefficient (Wildman–Crippen LogP) is 2.53. The molecule has 0 spiro atoms. The Morgan fingerprint density at radius 3 is 2.65 bits per heavy atom. The van der Waals surface area contributed by atoms with E-state index in [0.717, 1.165) is 24.9 Å². The van der Waals surface area contributed by atoms with Crippen molar-refractivity contribution in [3.8, 4) is 0 Å². The van der Waals surface area contributed by atoms with Crippen molar-refractivity contribution in [2.75, 3.05) is 6.54 Å². The Kier molecular flexibility index (Phi) is 5.07. The van der Waals surface area contributed by atoms with Crippen LogP contribution in [0, 0.1) is 5.92 Å². The number of rotatable bonds is 7. The van der Waals surface area contributed by atoms with Gasteiger partial charge in [0.2, 0.25) is 10.0 Å². The minimum atomic E-state index is -3.48. The number of sulfonamides is 1. The number of nitrogens with one attached hydrogen (secondary N) is 2. The second-order valence-corrected chi connectivity index (χ2v) is 7.40. The van der Waals surface area contributed by atoms with Gasteiger partial charge in [0.25, 0.3) is 0 Å². The molecular formula is C14H21ClN2O2S. The topological polar surface area (TPSA) is 58.2 Å². The van der Waals surface area contributed by atoms with Crippen LogP contribution in [0.15, 0.2) is 23.1 Å². The summed E-state index contributed by atoms with van der Waals surface area (Å²) in [5, 5.41) is 3.65. The molecule has 1 fully saturated rings. The molecule has 2 N–H and O–H groups in total. The largest absolute Gasteiger partial charge is 0.313 e. The minimum Gasteiger partial charge on any atom is -0.313 e. The van der Waals surface area contributed by atoms with Crippen molar-refractivity contribution in [3.63, 3.8) is 0 Å². The van der Waals surface area contributed by atoms with Crippen LogP contribution in [0.2, 0.25) is 5.02 Å². The van der Waals surface area contributed by atoms with Gasteiger partial charge in [-0.05, 0) is 49.9 Å². The molecule has 0 heterocycles. The molecule has 0 amide bonds. The maximum atomic E-state index is 12.3. The molecule has 1 unspecified atom stereocenters. The molecule has 1 aliphatic rings. The molecular weight excluding hydrogens is 296 g/mol. The van der Waals surface area contributed by atoms with Gasteiger partial charge in [-0.3, -0.25) is 0 Å². The standard InChI is InChI=1S/C14H21ClN2O2S/c1-3-16-9-12-6-7-13(8-14(12)15)20(18,19)17-10(2)11-4-5-11/h6-8,10-11,16-17H,3-5,9H2,1-2H3. The molecule has 1 saturated carbocycles. The molecule has 0 bridgehead atoms. The summed E-state index contributed by atoms with van der Waals surface area (Å²) in [6.07, 6.45) is 2.21. The summed E-state index contributed by atoms with van der Waals surface area (Å²) in [5.74, 6) is 0.480. The number of benzene rings is 1. The first-order valence-corrected chi connectivity index (χ1v) is 8.81. The number of halogens is 1. The smallest absolute Gasteiger partial charge is 0.240 e. The van der Waals surface area contributed by atoms with Crippen LogP contribution in [0.25, 0.3) is 0 Å². The van der Waals surface area contributed by atoms with Crippen LogP contribution in [-0.2, 0) is 16.6 Å². The zero-order chi connectivity index (χ0) is 14.8. The monoisotopic (exact) mass is 316 g/mol. The number of hydrogen-bond acceptors (Lipinski definition) is 3. The van der Waals surface area contributed by atoms with Crippen LogP contribution in [-0.4, -0.2) is 21.0 Å². The Bertz CT molecular complexity index is 571. The van der Waals surface area contributed by atoms with Gasteiger partial charge in [0, 0.05) is 17.6 Å². The molecule has 4 nitrogen and oxygen atoms in total. The Morgan fingerprint density at radius 1 is 1.40 bits per heavy atom. The molecule has 0 aromatic heterocycles. The van der Waals surface area contributed by atoms with Gasteiger partial charge < -0.3 is 5.32 Å². The summed E-state index contributed by atoms with van der Waals surface area (Å²) in [6.45, 7) is 5.41. The van der Waals surface area contributed by atoms with Gasteiger partial charge in [-0.1, -0.05) is 24.6 Å². The van der Waals surface area contributed by atoms with Crippen LogP contribution in [0.1, 0.15) is 32.3 Å². The van der Waals surface area contributed by atoms with Crippen molar-refractivity contribution in [1.29, 1.82) is 0 Å². The average Bonchev–Trinajstić information content (AvgIpc) is 3.21. The summed E-state index contributed by atoms with van der Waals surface area (Å²) in [6, 6.07) is 4.89. The van der Waals surface area contributed by atoms with E-state index < -0.39 is 10.0 Å². The third kappa shape index (κ3) is 3.95. The summed E-state index contributed by atoms with van der Waals surface area (Å²) in [5.41, 5.74) is 0.905. The van der Waals surface area contributed by atoms with E-state index >= 15 is 0 Å². The maximum absolute atomic E-state index is 12.3. The Labute approximate surface area is 126 Å². The van der Waals surface area contributed by atoms with Crippen molar-refractivity contribution < 1.29 is 8.42 Å².